The van der Waals surface area contributed by atoms with E-state index in [1.807, 2.05) is 42.5 Å². The molecule has 4 heteroatoms. The Bertz CT molecular complexity index is 555. The Morgan fingerprint density at radius 2 is 1.89 bits per heavy atom. The molecule has 2 aromatic rings. The number of halogens is 2. The van der Waals surface area contributed by atoms with Crippen LogP contribution < -0.4 is 4.74 Å². The maximum Gasteiger partial charge on any atom is 0.140 e. The number of hydrogen-bond acceptors (Lipinski definition) is 2. The third kappa shape index (κ3) is 3.24. The zero-order valence-corrected chi connectivity index (χ0v) is 13.5. The van der Waals surface area contributed by atoms with Crippen molar-refractivity contribution in [2.24, 2.45) is 0 Å². The summed E-state index contributed by atoms with van der Waals surface area (Å²) < 4.78 is 7.83. The Morgan fingerprint density at radius 1 is 1.17 bits per heavy atom. The smallest absolute Gasteiger partial charge is 0.140 e. The van der Waals surface area contributed by atoms with E-state index in [1.54, 1.807) is 6.92 Å². The molecule has 0 fully saturated rings. The van der Waals surface area contributed by atoms with E-state index in [0.29, 0.717) is 5.75 Å². The Labute approximate surface area is 128 Å². The fraction of sp³-hybridized carbons (Fsp3) is 0.143. The molecule has 1 N–H and O–H groups in total. The Balaban J connectivity index is 2.37. The van der Waals surface area contributed by atoms with Gasteiger partial charge >= 0.3 is 0 Å². The van der Waals surface area contributed by atoms with Crippen molar-refractivity contribution in [2.75, 3.05) is 0 Å². The molecule has 0 spiro atoms. The molecular formula is C14H12BrIO2. The number of ether oxygens (including phenoxy) is 1. The molecule has 0 aromatic heterocycles. The lowest BCUT2D eigenvalue weighted by atomic mass is 10.1. The Hall–Kier alpha value is -0.590. The molecular weight excluding hydrogens is 407 g/mol. The maximum atomic E-state index is 9.77. The number of aliphatic hydroxyl groups is 1. The third-order valence-corrected chi connectivity index (χ3v) is 3.86. The van der Waals surface area contributed by atoms with E-state index >= 15 is 0 Å². The minimum Gasteiger partial charge on any atom is -0.456 e. The second-order valence-corrected chi connectivity index (χ2v) is 5.97. The minimum atomic E-state index is -0.570. The van der Waals surface area contributed by atoms with Crippen LogP contribution in [0.15, 0.2) is 46.9 Å². The molecule has 1 atom stereocenters. The first-order valence-corrected chi connectivity index (χ1v) is 7.35. The highest BCUT2D eigenvalue weighted by molar-refractivity contribution is 14.1. The molecule has 2 nitrogen and oxygen atoms in total. The first kappa shape index (κ1) is 13.8. The van der Waals surface area contributed by atoms with Crippen LogP contribution in [0.3, 0.4) is 0 Å². The summed E-state index contributed by atoms with van der Waals surface area (Å²) in [5, 5.41) is 9.77. The average Bonchev–Trinajstić information content (AvgIpc) is 2.34. The summed E-state index contributed by atoms with van der Waals surface area (Å²) in [6.07, 6.45) is -0.570. The molecule has 0 bridgehead atoms. The van der Waals surface area contributed by atoms with Crippen molar-refractivity contribution >= 4 is 38.5 Å². The van der Waals surface area contributed by atoms with Crippen molar-refractivity contribution in [1.29, 1.82) is 0 Å². The summed E-state index contributed by atoms with van der Waals surface area (Å²) in [6.45, 7) is 1.73. The molecule has 94 valence electrons. The largest absolute Gasteiger partial charge is 0.456 e. The molecule has 18 heavy (non-hydrogen) atoms. The summed E-state index contributed by atoms with van der Waals surface area (Å²) in [5.74, 6) is 1.47. The van der Waals surface area contributed by atoms with Crippen LogP contribution in [0.4, 0.5) is 0 Å². The van der Waals surface area contributed by atoms with E-state index in [9.17, 15) is 5.11 Å². The number of benzene rings is 2. The topological polar surface area (TPSA) is 29.5 Å². The third-order valence-electron chi connectivity index (χ3n) is 2.48. The lowest BCUT2D eigenvalue weighted by molar-refractivity contribution is 0.195. The van der Waals surface area contributed by atoms with Crippen molar-refractivity contribution < 1.29 is 9.84 Å². The van der Waals surface area contributed by atoms with Crippen LogP contribution in [0.1, 0.15) is 18.6 Å². The zero-order chi connectivity index (χ0) is 13.1. The fourth-order valence-electron chi connectivity index (χ4n) is 1.58. The molecule has 0 aliphatic carbocycles. The van der Waals surface area contributed by atoms with Gasteiger partial charge in [-0.15, -0.1) is 0 Å². The number of aliphatic hydroxyl groups excluding tert-OH is 1. The van der Waals surface area contributed by atoms with Crippen LogP contribution in [0.2, 0.25) is 0 Å². The molecule has 0 radical (unpaired) electrons. The summed E-state index contributed by atoms with van der Waals surface area (Å²) in [4.78, 5) is 0. The monoisotopic (exact) mass is 418 g/mol. The second-order valence-electron chi connectivity index (χ2n) is 3.89. The molecule has 1 unspecified atom stereocenters. The van der Waals surface area contributed by atoms with Crippen LogP contribution in [-0.2, 0) is 0 Å². The molecule has 0 aliphatic rings. The van der Waals surface area contributed by atoms with Gasteiger partial charge in [0.1, 0.15) is 11.5 Å². The molecule has 0 saturated carbocycles. The Morgan fingerprint density at radius 3 is 2.56 bits per heavy atom. The van der Waals surface area contributed by atoms with Gasteiger partial charge in [0.25, 0.3) is 0 Å². The van der Waals surface area contributed by atoms with Crippen LogP contribution in [-0.4, -0.2) is 5.11 Å². The van der Waals surface area contributed by atoms with E-state index in [0.717, 1.165) is 19.4 Å². The average molecular weight is 419 g/mol. The predicted octanol–water partition coefficient (Wildman–Crippen LogP) is 4.90. The number of rotatable bonds is 3. The van der Waals surface area contributed by atoms with Crippen LogP contribution in [0.5, 0.6) is 11.5 Å². The molecule has 2 rings (SSSR count). The van der Waals surface area contributed by atoms with Crippen LogP contribution >= 0.6 is 38.5 Å². The number of hydrogen-bond donors (Lipinski definition) is 1. The SMILES string of the molecule is CC(O)c1cc(Br)ccc1Oc1ccccc1I. The van der Waals surface area contributed by atoms with Gasteiger partial charge in [0.2, 0.25) is 0 Å². The molecule has 2 aromatic carbocycles. The van der Waals surface area contributed by atoms with Crippen LogP contribution in [0, 0.1) is 3.57 Å². The van der Waals surface area contributed by atoms with Gasteiger partial charge in [0, 0.05) is 10.0 Å². The van der Waals surface area contributed by atoms with Gasteiger partial charge in [-0.25, -0.2) is 0 Å². The summed E-state index contributed by atoms with van der Waals surface area (Å²) in [7, 11) is 0. The second kappa shape index (κ2) is 6.04. The van der Waals surface area contributed by atoms with Crippen molar-refractivity contribution in [3.05, 3.63) is 56.1 Å². The van der Waals surface area contributed by atoms with Crippen LogP contribution in [0.25, 0.3) is 0 Å². The van der Waals surface area contributed by atoms with E-state index in [-0.39, 0.29) is 0 Å². The predicted molar refractivity (Wildman–Crippen MR) is 84.0 cm³/mol. The summed E-state index contributed by atoms with van der Waals surface area (Å²) >= 11 is 5.62. The van der Waals surface area contributed by atoms with Gasteiger partial charge in [0.05, 0.1) is 9.67 Å². The quantitative estimate of drug-likeness (QED) is 0.718. The molecule has 0 heterocycles. The van der Waals surface area contributed by atoms with Crippen molar-refractivity contribution in [3.63, 3.8) is 0 Å². The molecule has 0 amide bonds. The van der Waals surface area contributed by atoms with E-state index in [1.165, 1.54) is 0 Å². The first-order valence-electron chi connectivity index (χ1n) is 5.48. The highest BCUT2D eigenvalue weighted by Gasteiger charge is 2.11. The van der Waals surface area contributed by atoms with E-state index in [4.69, 9.17) is 4.74 Å². The first-order chi connectivity index (χ1) is 8.58. The summed E-state index contributed by atoms with van der Waals surface area (Å²) in [6, 6.07) is 13.4. The summed E-state index contributed by atoms with van der Waals surface area (Å²) in [5.41, 5.74) is 0.768. The lowest BCUT2D eigenvalue weighted by Crippen LogP contribution is -1.97. The van der Waals surface area contributed by atoms with Crippen molar-refractivity contribution in [2.45, 2.75) is 13.0 Å². The highest BCUT2D eigenvalue weighted by atomic mass is 127. The molecule has 0 aliphatic heterocycles. The minimum absolute atomic E-state index is 0.570. The normalized spacial score (nSPS) is 12.2. The van der Waals surface area contributed by atoms with Gasteiger partial charge in [-0.2, -0.15) is 0 Å². The standard InChI is InChI=1S/C14H12BrIO2/c1-9(17)11-8-10(15)6-7-13(11)18-14-5-3-2-4-12(14)16/h2-9,17H,1H3. The van der Waals surface area contributed by atoms with Gasteiger partial charge in [-0.05, 0) is 59.8 Å². The lowest BCUT2D eigenvalue weighted by Gasteiger charge is -2.14. The van der Waals surface area contributed by atoms with E-state index < -0.39 is 6.10 Å². The maximum absolute atomic E-state index is 9.77. The van der Waals surface area contributed by atoms with Crippen molar-refractivity contribution in [1.82, 2.24) is 0 Å². The van der Waals surface area contributed by atoms with Gasteiger partial charge < -0.3 is 9.84 Å². The Kier molecular flexibility index (Phi) is 4.64. The van der Waals surface area contributed by atoms with Crippen molar-refractivity contribution in [3.8, 4) is 11.5 Å². The van der Waals surface area contributed by atoms with Gasteiger partial charge in [0.15, 0.2) is 0 Å². The molecule has 0 saturated heterocycles. The zero-order valence-electron chi connectivity index (χ0n) is 9.73. The van der Waals surface area contributed by atoms with E-state index in [2.05, 4.69) is 38.5 Å². The highest BCUT2D eigenvalue weighted by Crippen LogP contribution is 2.33. The fourth-order valence-corrected chi connectivity index (χ4v) is 2.46. The van der Waals surface area contributed by atoms with Gasteiger partial charge in [-0.1, -0.05) is 28.1 Å². The van der Waals surface area contributed by atoms with Gasteiger partial charge in [-0.3, -0.25) is 0 Å². The number of para-hydroxylation sites is 1.